The minimum atomic E-state index is -2.74. The van der Waals surface area contributed by atoms with Gasteiger partial charge >= 0.3 is 384 Å². The molecule has 0 N–H and O–H groups in total. The van der Waals surface area contributed by atoms with E-state index >= 15 is 0 Å². The Morgan fingerprint density at radius 1 is 0.360 bits per heavy atom. The molecule has 0 aromatic heterocycles. The fraction of sp³-hybridized carbons (Fsp3) is 0.125. The first-order valence-corrected chi connectivity index (χ1v) is 31.2. The molecule has 50 heavy (non-hydrogen) atoms. The van der Waals surface area contributed by atoms with Crippen LogP contribution in [0.2, 0.25) is 0 Å². The summed E-state index contributed by atoms with van der Waals surface area (Å²) in [4.78, 5) is 47.3. The molecule has 4 aromatic rings. The first kappa shape index (κ1) is 44.9. The summed E-state index contributed by atoms with van der Waals surface area (Å²) < 4.78 is 39.1. The molecule has 0 heterocycles. The van der Waals surface area contributed by atoms with Crippen LogP contribution in [-0.4, -0.2) is 41.6 Å². The van der Waals surface area contributed by atoms with E-state index in [1.807, 2.05) is 212 Å². The van der Waals surface area contributed by atoms with Gasteiger partial charge in [0.25, 0.3) is 0 Å². The van der Waals surface area contributed by atoms with Crippen LogP contribution in [0.5, 0.6) is 0 Å². The molecule has 0 aliphatic rings. The number of rotatable bonds is 16. The third-order valence-electron chi connectivity index (χ3n) is 4.92. The molecule has 0 saturated carbocycles. The van der Waals surface area contributed by atoms with Gasteiger partial charge in [-0.15, -0.1) is 0 Å². The van der Waals surface area contributed by atoms with Crippen molar-refractivity contribution in [3.63, 3.8) is 0 Å². The average molecular weight is 1590 g/mol. The molecule has 0 aliphatic carbocycles. The van der Waals surface area contributed by atoms with Crippen LogP contribution in [0.3, 0.4) is 0 Å². The molecule has 0 unspecified atom stereocenters. The van der Waals surface area contributed by atoms with Gasteiger partial charge in [-0.25, -0.2) is 0 Å². The minimum absolute atomic E-state index is 0.245. The average Bonchev–Trinajstić information content (AvgIpc) is 3.17. The molecule has 0 amide bonds. The van der Waals surface area contributed by atoms with Crippen molar-refractivity contribution in [3.8, 4) is 0 Å². The number of alkyl halides is 4. The Hall–Kier alpha value is 0.520. The van der Waals surface area contributed by atoms with E-state index < -0.39 is 82.6 Å². The number of hydrogen-bond acceptors (Lipinski definition) is 10. The molecule has 4 rings (SSSR count). The fourth-order valence-electron chi connectivity index (χ4n) is 2.92. The molecule has 0 atom stereocenters. The van der Waals surface area contributed by atoms with Gasteiger partial charge in [-0.1, -0.05) is 0 Å². The maximum atomic E-state index is 11.8. The number of carbonyl (C=O) groups excluding carboxylic acids is 4. The molecule has 4 aromatic carbocycles. The van der Waals surface area contributed by atoms with Gasteiger partial charge in [0.05, 0.1) is 0 Å². The summed E-state index contributed by atoms with van der Waals surface area (Å²) in [6, 6.07) is 37.6. The topological polar surface area (TPSA) is 124 Å². The molecule has 0 bridgehead atoms. The summed E-state index contributed by atoms with van der Waals surface area (Å²) in [7, 11) is 0. The molecule has 0 aliphatic heterocycles. The van der Waals surface area contributed by atoms with E-state index in [4.69, 9.17) is 15.1 Å². The first-order chi connectivity index (χ1) is 24.3. The van der Waals surface area contributed by atoms with Crippen molar-refractivity contribution in [2.45, 2.75) is 0 Å². The Bertz CT molecular complexity index is 1370. The van der Waals surface area contributed by atoms with Gasteiger partial charge in [-0.3, -0.25) is 0 Å². The van der Waals surface area contributed by atoms with Gasteiger partial charge in [0, 0.05) is 0 Å². The fourth-order valence-corrected chi connectivity index (χ4v) is 25.6. The summed E-state index contributed by atoms with van der Waals surface area (Å²) in [6.45, 7) is 0. The standard InChI is InChI=1S/2C16H14I4O5/c2*17-11-15(21)23-19(13-7-3-1-4-8-13)25-20(24-16(22)12-18)14-9-5-2-6-10-14/h2*1-10H,11-12H2. The van der Waals surface area contributed by atoms with Crippen molar-refractivity contribution >= 4 is 197 Å². The van der Waals surface area contributed by atoms with Crippen LogP contribution in [0.25, 0.3) is 0 Å². The van der Waals surface area contributed by atoms with Crippen molar-refractivity contribution in [1.82, 2.24) is 0 Å². The number of halogens is 8. The van der Waals surface area contributed by atoms with E-state index in [-0.39, 0.29) is 41.6 Å². The van der Waals surface area contributed by atoms with E-state index in [1.54, 1.807) is 0 Å². The number of benzene rings is 4. The Kier molecular flexibility index (Phi) is 23.7. The Labute approximate surface area is 377 Å². The van der Waals surface area contributed by atoms with Gasteiger partial charge < -0.3 is 0 Å². The van der Waals surface area contributed by atoms with Crippen molar-refractivity contribution in [1.29, 1.82) is 0 Å². The summed E-state index contributed by atoms with van der Waals surface area (Å²) >= 11 is -3.11. The quantitative estimate of drug-likeness (QED) is 0.0791. The van der Waals surface area contributed by atoms with Crippen molar-refractivity contribution in [3.05, 3.63) is 136 Å². The summed E-state index contributed by atoms with van der Waals surface area (Å²) in [6.07, 6.45) is 0. The molecule has 0 fully saturated rings. The van der Waals surface area contributed by atoms with Crippen LogP contribution in [0.1, 0.15) is 0 Å². The molecule has 0 spiro atoms. The van der Waals surface area contributed by atoms with Crippen LogP contribution in [-0.2, 0) is 34.2 Å². The monoisotopic (exact) mass is 1590 g/mol. The molecular weight excluding hydrogens is 1560 g/mol. The Morgan fingerprint density at radius 2 is 0.540 bits per heavy atom. The van der Waals surface area contributed by atoms with E-state index in [2.05, 4.69) is 0 Å². The van der Waals surface area contributed by atoms with Gasteiger partial charge in [0.2, 0.25) is 0 Å². The normalized spacial score (nSPS) is 11.4. The second-order valence-electron chi connectivity index (χ2n) is 8.50. The zero-order valence-electron chi connectivity index (χ0n) is 25.5. The molecule has 18 heteroatoms. The molecular formula is C32H28I8O10. The van der Waals surface area contributed by atoms with E-state index in [0.29, 0.717) is 0 Å². The summed E-state index contributed by atoms with van der Waals surface area (Å²) in [5.74, 6) is -1.28. The van der Waals surface area contributed by atoms with Crippen LogP contribution in [0.4, 0.5) is 0 Å². The zero-order valence-corrected chi connectivity index (χ0v) is 42.7. The van der Waals surface area contributed by atoms with Crippen molar-refractivity contribution in [2.24, 2.45) is 0 Å². The van der Waals surface area contributed by atoms with Crippen LogP contribution in [0, 0.1) is 14.3 Å². The van der Waals surface area contributed by atoms with E-state index in [1.165, 1.54) is 0 Å². The Morgan fingerprint density at radius 3 is 0.700 bits per heavy atom. The predicted octanol–water partition coefficient (Wildman–Crippen LogP) is 10.7. The SMILES string of the molecule is O=C(CI)OI(OI(OC(=O)CI)c1ccccc1)c1ccccc1.O=C(CI)OI(OI(OC(=O)CI)c1ccccc1)c1ccccc1. The van der Waals surface area contributed by atoms with Crippen LogP contribution < -0.4 is 0 Å². The van der Waals surface area contributed by atoms with Crippen LogP contribution in [0.15, 0.2) is 121 Å². The summed E-state index contributed by atoms with van der Waals surface area (Å²) in [5.41, 5.74) is 0. The number of carbonyl (C=O) groups is 4. The van der Waals surface area contributed by atoms with Crippen molar-refractivity contribution < 1.29 is 34.2 Å². The third-order valence-corrected chi connectivity index (χ3v) is 27.2. The van der Waals surface area contributed by atoms with Gasteiger partial charge in [-0.05, 0) is 0 Å². The molecule has 272 valence electrons. The van der Waals surface area contributed by atoms with Crippen molar-refractivity contribution in [2.75, 3.05) is 17.7 Å². The molecule has 0 radical (unpaired) electrons. The second kappa shape index (κ2) is 26.3. The Balaban J connectivity index is 0.000000270. The second-order valence-corrected chi connectivity index (χ2v) is 28.4. The van der Waals surface area contributed by atoms with Gasteiger partial charge in [0.15, 0.2) is 0 Å². The number of hydrogen-bond donors (Lipinski definition) is 0. The first-order valence-electron chi connectivity index (χ1n) is 13.7. The van der Waals surface area contributed by atoms with E-state index in [0.717, 1.165) is 14.3 Å². The van der Waals surface area contributed by atoms with Gasteiger partial charge in [0.1, 0.15) is 0 Å². The zero-order chi connectivity index (χ0) is 36.1. The predicted molar refractivity (Wildman–Crippen MR) is 259 cm³/mol. The van der Waals surface area contributed by atoms with Gasteiger partial charge in [-0.2, -0.15) is 0 Å². The van der Waals surface area contributed by atoms with E-state index in [9.17, 15) is 19.2 Å². The maximum absolute atomic E-state index is 11.8. The molecule has 10 nitrogen and oxygen atoms in total. The van der Waals surface area contributed by atoms with Crippen LogP contribution >= 0.6 is 173 Å². The third kappa shape index (κ3) is 16.9. The summed E-state index contributed by atoms with van der Waals surface area (Å²) in [5, 5.41) is 0. The molecule has 0 saturated heterocycles.